The molecule has 1 aromatic carbocycles. The molecular formula is C11H14BrF2NO. The monoisotopic (exact) mass is 293 g/mol. The van der Waals surface area contributed by atoms with Crippen LogP contribution in [0.5, 0.6) is 0 Å². The van der Waals surface area contributed by atoms with Crippen molar-refractivity contribution in [3.05, 3.63) is 28.2 Å². The smallest absolute Gasteiger partial charge is 0.147 e. The maximum absolute atomic E-state index is 13.3. The normalized spacial score (nSPS) is 10.9. The Morgan fingerprint density at radius 1 is 1.31 bits per heavy atom. The van der Waals surface area contributed by atoms with Crippen molar-refractivity contribution in [2.75, 3.05) is 18.5 Å². The van der Waals surface area contributed by atoms with Crippen LogP contribution in [-0.2, 0) is 4.74 Å². The van der Waals surface area contributed by atoms with E-state index in [1.54, 1.807) is 0 Å². The minimum absolute atomic E-state index is 0.119. The first-order chi connectivity index (χ1) is 7.50. The molecule has 5 heteroatoms. The third kappa shape index (κ3) is 4.06. The molecule has 0 amide bonds. The highest BCUT2D eigenvalue weighted by atomic mass is 79.9. The molecule has 0 aromatic heterocycles. The van der Waals surface area contributed by atoms with Gasteiger partial charge in [-0.25, -0.2) is 8.78 Å². The number of ether oxygens (including phenoxy) is 1. The van der Waals surface area contributed by atoms with E-state index in [-0.39, 0.29) is 16.3 Å². The molecule has 90 valence electrons. The summed E-state index contributed by atoms with van der Waals surface area (Å²) in [5.74, 6) is -0.980. The lowest BCUT2D eigenvalue weighted by atomic mass is 10.3. The molecule has 1 aromatic rings. The van der Waals surface area contributed by atoms with Crippen LogP contribution in [0.2, 0.25) is 0 Å². The summed E-state index contributed by atoms with van der Waals surface area (Å²) in [5.41, 5.74) is 0.146. The molecule has 0 aliphatic heterocycles. The molecule has 0 bridgehead atoms. The van der Waals surface area contributed by atoms with Gasteiger partial charge in [-0.05, 0) is 35.8 Å². The minimum Gasteiger partial charge on any atom is -0.380 e. The van der Waals surface area contributed by atoms with Crippen LogP contribution in [0.4, 0.5) is 14.5 Å². The Hall–Kier alpha value is -0.680. The Bertz CT molecular complexity index is 358. The number of nitrogens with one attached hydrogen (secondary N) is 1. The van der Waals surface area contributed by atoms with Gasteiger partial charge in [0, 0.05) is 12.6 Å². The molecule has 0 saturated heterocycles. The Labute approximate surface area is 102 Å². The number of rotatable bonds is 5. The maximum atomic E-state index is 13.3. The van der Waals surface area contributed by atoms with Gasteiger partial charge in [0.15, 0.2) is 0 Å². The minimum atomic E-state index is -0.492. The average Bonchev–Trinajstić information content (AvgIpc) is 2.19. The Balaban J connectivity index is 2.51. The van der Waals surface area contributed by atoms with Gasteiger partial charge in [-0.1, -0.05) is 0 Å². The molecule has 0 heterocycles. The quantitative estimate of drug-likeness (QED) is 0.662. The average molecular weight is 294 g/mol. The van der Waals surface area contributed by atoms with Gasteiger partial charge in [0.2, 0.25) is 0 Å². The standard InChI is InChI=1S/C11H14BrF2NO/c1-7(2)16-4-3-15-11-6-9(13)8(12)5-10(11)14/h5-7,15H,3-4H2,1-2H3. The summed E-state index contributed by atoms with van der Waals surface area (Å²) < 4.78 is 31.8. The fraction of sp³-hybridized carbons (Fsp3) is 0.455. The van der Waals surface area contributed by atoms with Crippen LogP contribution in [-0.4, -0.2) is 19.3 Å². The Morgan fingerprint density at radius 3 is 2.62 bits per heavy atom. The van der Waals surface area contributed by atoms with Gasteiger partial charge in [0.1, 0.15) is 11.6 Å². The molecule has 0 radical (unpaired) electrons. The summed E-state index contributed by atoms with van der Waals surface area (Å²) >= 11 is 2.91. The van der Waals surface area contributed by atoms with E-state index in [9.17, 15) is 8.78 Å². The number of hydrogen-bond acceptors (Lipinski definition) is 2. The first-order valence-electron chi connectivity index (χ1n) is 5.00. The Kier molecular flexibility index (Phi) is 5.15. The summed E-state index contributed by atoms with van der Waals surface area (Å²) in [5, 5.41) is 2.78. The molecule has 16 heavy (non-hydrogen) atoms. The number of anilines is 1. The lowest BCUT2D eigenvalue weighted by Gasteiger charge is -2.10. The zero-order valence-electron chi connectivity index (χ0n) is 9.19. The van der Waals surface area contributed by atoms with Crippen molar-refractivity contribution in [3.8, 4) is 0 Å². The van der Waals surface area contributed by atoms with E-state index in [0.29, 0.717) is 13.2 Å². The summed E-state index contributed by atoms with van der Waals surface area (Å²) in [4.78, 5) is 0. The largest absolute Gasteiger partial charge is 0.380 e. The van der Waals surface area contributed by atoms with E-state index in [4.69, 9.17) is 4.74 Å². The fourth-order valence-corrected chi connectivity index (χ4v) is 1.45. The molecule has 0 aliphatic rings. The second-order valence-electron chi connectivity index (χ2n) is 3.59. The summed E-state index contributed by atoms with van der Waals surface area (Å²) in [6.07, 6.45) is 0.133. The highest BCUT2D eigenvalue weighted by Gasteiger charge is 2.07. The van der Waals surface area contributed by atoms with Crippen LogP contribution in [0, 0.1) is 11.6 Å². The van der Waals surface area contributed by atoms with Crippen LogP contribution in [0.3, 0.4) is 0 Å². The number of hydrogen-bond donors (Lipinski definition) is 1. The molecule has 0 unspecified atom stereocenters. The van der Waals surface area contributed by atoms with Crippen molar-refractivity contribution in [1.82, 2.24) is 0 Å². The first kappa shape index (κ1) is 13.4. The van der Waals surface area contributed by atoms with Crippen LogP contribution in [0.15, 0.2) is 16.6 Å². The van der Waals surface area contributed by atoms with Crippen LogP contribution in [0.1, 0.15) is 13.8 Å². The third-order valence-electron chi connectivity index (χ3n) is 1.88. The summed E-state index contributed by atoms with van der Waals surface area (Å²) in [6, 6.07) is 2.22. The zero-order chi connectivity index (χ0) is 12.1. The molecular weight excluding hydrogens is 280 g/mol. The lowest BCUT2D eigenvalue weighted by Crippen LogP contribution is -2.14. The van der Waals surface area contributed by atoms with Gasteiger partial charge in [-0.3, -0.25) is 0 Å². The van der Waals surface area contributed by atoms with Crippen molar-refractivity contribution in [3.63, 3.8) is 0 Å². The first-order valence-corrected chi connectivity index (χ1v) is 5.80. The molecule has 1 rings (SSSR count). The topological polar surface area (TPSA) is 21.3 Å². The molecule has 2 nitrogen and oxygen atoms in total. The SMILES string of the molecule is CC(C)OCCNc1cc(F)c(Br)cc1F. The number of halogens is 3. The van der Waals surface area contributed by atoms with Gasteiger partial charge in [0.25, 0.3) is 0 Å². The Morgan fingerprint density at radius 2 is 2.00 bits per heavy atom. The predicted molar refractivity (Wildman–Crippen MR) is 63.6 cm³/mol. The van der Waals surface area contributed by atoms with Crippen molar-refractivity contribution in [2.45, 2.75) is 20.0 Å². The van der Waals surface area contributed by atoms with E-state index in [0.717, 1.165) is 12.1 Å². The van der Waals surface area contributed by atoms with E-state index in [2.05, 4.69) is 21.2 Å². The van der Waals surface area contributed by atoms with Gasteiger partial charge in [-0.2, -0.15) is 0 Å². The fourth-order valence-electron chi connectivity index (χ4n) is 1.14. The van der Waals surface area contributed by atoms with Crippen molar-refractivity contribution >= 4 is 21.6 Å². The van der Waals surface area contributed by atoms with Gasteiger partial charge in [-0.15, -0.1) is 0 Å². The lowest BCUT2D eigenvalue weighted by molar-refractivity contribution is 0.0870. The molecule has 0 fully saturated rings. The number of benzene rings is 1. The third-order valence-corrected chi connectivity index (χ3v) is 2.49. The van der Waals surface area contributed by atoms with E-state index in [1.807, 2.05) is 13.8 Å². The second kappa shape index (κ2) is 6.15. The van der Waals surface area contributed by atoms with E-state index in [1.165, 1.54) is 0 Å². The van der Waals surface area contributed by atoms with Crippen molar-refractivity contribution in [2.24, 2.45) is 0 Å². The molecule has 0 aliphatic carbocycles. The van der Waals surface area contributed by atoms with Crippen molar-refractivity contribution in [1.29, 1.82) is 0 Å². The van der Waals surface area contributed by atoms with Gasteiger partial charge in [0.05, 0.1) is 22.9 Å². The molecule has 0 atom stereocenters. The highest BCUT2D eigenvalue weighted by Crippen LogP contribution is 2.23. The van der Waals surface area contributed by atoms with Crippen molar-refractivity contribution < 1.29 is 13.5 Å². The second-order valence-corrected chi connectivity index (χ2v) is 4.45. The van der Waals surface area contributed by atoms with Gasteiger partial charge >= 0.3 is 0 Å². The van der Waals surface area contributed by atoms with E-state index < -0.39 is 11.6 Å². The van der Waals surface area contributed by atoms with Crippen LogP contribution < -0.4 is 5.32 Å². The molecule has 0 spiro atoms. The van der Waals surface area contributed by atoms with E-state index >= 15 is 0 Å². The van der Waals surface area contributed by atoms with Crippen LogP contribution >= 0.6 is 15.9 Å². The molecule has 0 saturated carbocycles. The predicted octanol–water partition coefficient (Wildman–Crippen LogP) is 3.56. The summed E-state index contributed by atoms with van der Waals surface area (Å²) in [6.45, 7) is 4.73. The maximum Gasteiger partial charge on any atom is 0.147 e. The zero-order valence-corrected chi connectivity index (χ0v) is 10.8. The highest BCUT2D eigenvalue weighted by molar-refractivity contribution is 9.10. The summed E-state index contributed by atoms with van der Waals surface area (Å²) in [7, 11) is 0. The van der Waals surface area contributed by atoms with Gasteiger partial charge < -0.3 is 10.1 Å². The molecule has 1 N–H and O–H groups in total. The van der Waals surface area contributed by atoms with Crippen LogP contribution in [0.25, 0.3) is 0 Å².